The van der Waals surface area contributed by atoms with E-state index in [1.54, 1.807) is 35.7 Å². The van der Waals surface area contributed by atoms with Crippen LogP contribution < -0.4 is 4.90 Å². The Bertz CT molecular complexity index is 1140. The Morgan fingerprint density at radius 1 is 1.19 bits per heavy atom. The molecule has 128 valence electrons. The molecule has 0 spiro atoms. The van der Waals surface area contributed by atoms with Crippen LogP contribution in [0.3, 0.4) is 0 Å². The van der Waals surface area contributed by atoms with Gasteiger partial charge in [0, 0.05) is 35.5 Å². The molecule has 0 aliphatic heterocycles. The van der Waals surface area contributed by atoms with Crippen molar-refractivity contribution in [1.29, 1.82) is 0 Å². The number of amides is 1. The van der Waals surface area contributed by atoms with Gasteiger partial charge in [0.2, 0.25) is 0 Å². The van der Waals surface area contributed by atoms with E-state index in [0.29, 0.717) is 16.2 Å². The van der Waals surface area contributed by atoms with Crippen LogP contribution in [0, 0.1) is 0 Å². The molecule has 0 radical (unpaired) electrons. The number of para-hydroxylation sites is 1. The van der Waals surface area contributed by atoms with Crippen molar-refractivity contribution in [3.63, 3.8) is 0 Å². The highest BCUT2D eigenvalue weighted by molar-refractivity contribution is 7.16. The number of hydrogen-bond acceptors (Lipinski definition) is 5. The number of furan rings is 1. The minimum Gasteiger partial charge on any atom is -0.469 e. The average Bonchev–Trinajstić information content (AvgIpc) is 3.32. The van der Waals surface area contributed by atoms with Gasteiger partial charge in [0.25, 0.3) is 5.91 Å². The first-order chi connectivity index (χ1) is 12.7. The van der Waals surface area contributed by atoms with E-state index < -0.39 is 0 Å². The third-order valence-corrected chi connectivity index (χ3v) is 5.91. The van der Waals surface area contributed by atoms with Crippen molar-refractivity contribution in [3.8, 4) is 11.3 Å². The van der Waals surface area contributed by atoms with E-state index in [2.05, 4.69) is 4.98 Å². The van der Waals surface area contributed by atoms with Crippen LogP contribution in [0.5, 0.6) is 0 Å². The summed E-state index contributed by atoms with van der Waals surface area (Å²) < 4.78 is 5.52. The lowest BCUT2D eigenvalue weighted by Gasteiger charge is -2.14. The number of aromatic nitrogens is 2. The Hall–Kier alpha value is -2.99. The SMILES string of the molecule is CN(C(=O)c1cccc2cccnc12)c1nc2c(s1)CCc1occc1-2. The summed E-state index contributed by atoms with van der Waals surface area (Å²) in [6.45, 7) is 0. The highest BCUT2D eigenvalue weighted by Crippen LogP contribution is 2.39. The van der Waals surface area contributed by atoms with Crippen LogP contribution in [0.4, 0.5) is 5.13 Å². The second-order valence-electron chi connectivity index (χ2n) is 6.27. The van der Waals surface area contributed by atoms with Gasteiger partial charge in [0.05, 0.1) is 23.0 Å². The maximum absolute atomic E-state index is 13.1. The zero-order valence-electron chi connectivity index (χ0n) is 14.1. The molecule has 0 fully saturated rings. The fraction of sp³-hybridized carbons (Fsp3) is 0.150. The van der Waals surface area contributed by atoms with Crippen LogP contribution in [0.15, 0.2) is 53.3 Å². The Morgan fingerprint density at radius 2 is 2.08 bits per heavy atom. The van der Waals surface area contributed by atoms with E-state index >= 15 is 0 Å². The number of nitrogens with zero attached hydrogens (tertiary/aromatic N) is 3. The highest BCUT2D eigenvalue weighted by atomic mass is 32.1. The predicted molar refractivity (Wildman–Crippen MR) is 102 cm³/mol. The van der Waals surface area contributed by atoms with Gasteiger partial charge in [-0.25, -0.2) is 4.98 Å². The quantitative estimate of drug-likeness (QED) is 0.533. The van der Waals surface area contributed by atoms with Gasteiger partial charge in [0.1, 0.15) is 5.76 Å². The van der Waals surface area contributed by atoms with Crippen molar-refractivity contribution in [1.82, 2.24) is 9.97 Å². The monoisotopic (exact) mass is 361 g/mol. The number of fused-ring (bicyclic) bond motifs is 4. The van der Waals surface area contributed by atoms with Crippen molar-refractivity contribution < 1.29 is 9.21 Å². The molecule has 6 heteroatoms. The highest BCUT2D eigenvalue weighted by Gasteiger charge is 2.26. The fourth-order valence-electron chi connectivity index (χ4n) is 3.38. The van der Waals surface area contributed by atoms with E-state index in [9.17, 15) is 4.79 Å². The third-order valence-electron chi connectivity index (χ3n) is 4.72. The molecular formula is C20H15N3O2S. The molecule has 5 rings (SSSR count). The summed E-state index contributed by atoms with van der Waals surface area (Å²) in [4.78, 5) is 25.0. The van der Waals surface area contributed by atoms with Gasteiger partial charge in [-0.1, -0.05) is 18.2 Å². The number of anilines is 1. The lowest BCUT2D eigenvalue weighted by molar-refractivity contribution is 0.0994. The maximum Gasteiger partial charge on any atom is 0.262 e. The van der Waals surface area contributed by atoms with Crippen molar-refractivity contribution >= 4 is 33.3 Å². The predicted octanol–water partition coefficient (Wildman–Crippen LogP) is 4.33. The molecule has 4 aromatic rings. The molecule has 1 aliphatic rings. The standard InChI is InChI=1S/C20H15N3O2S/c1-23(19(24)14-6-2-4-12-5-3-10-21-17(12)14)20-22-18-13-9-11-25-15(13)7-8-16(18)26-20/h2-6,9-11H,7-8H2,1H3. The zero-order chi connectivity index (χ0) is 17.7. The van der Waals surface area contributed by atoms with Crippen molar-refractivity contribution in [2.45, 2.75) is 12.8 Å². The molecule has 0 unspecified atom stereocenters. The van der Waals surface area contributed by atoms with Crippen LogP contribution in [0.2, 0.25) is 0 Å². The van der Waals surface area contributed by atoms with Crippen LogP contribution in [-0.2, 0) is 12.8 Å². The molecule has 1 aromatic carbocycles. The summed E-state index contributed by atoms with van der Waals surface area (Å²) in [7, 11) is 1.77. The topological polar surface area (TPSA) is 59.2 Å². The zero-order valence-corrected chi connectivity index (χ0v) is 14.9. The second-order valence-corrected chi connectivity index (χ2v) is 7.33. The molecule has 0 atom stereocenters. The number of thiazole rings is 1. The molecule has 5 nitrogen and oxygen atoms in total. The van der Waals surface area contributed by atoms with E-state index in [1.165, 1.54) is 4.88 Å². The first kappa shape index (κ1) is 15.3. The molecule has 0 N–H and O–H groups in total. The molecule has 1 amide bonds. The number of carbonyl (C=O) groups is 1. The van der Waals surface area contributed by atoms with E-state index in [1.807, 2.05) is 36.4 Å². The van der Waals surface area contributed by atoms with Crippen LogP contribution in [0.25, 0.3) is 22.2 Å². The Balaban J connectivity index is 1.55. The number of benzene rings is 1. The van der Waals surface area contributed by atoms with Gasteiger partial charge in [0.15, 0.2) is 5.13 Å². The number of pyridine rings is 1. The Labute approximate surface area is 153 Å². The number of aryl methyl sites for hydroxylation is 2. The lowest BCUT2D eigenvalue weighted by Crippen LogP contribution is -2.26. The summed E-state index contributed by atoms with van der Waals surface area (Å²) >= 11 is 1.57. The van der Waals surface area contributed by atoms with Gasteiger partial charge in [-0.05, 0) is 24.6 Å². The Morgan fingerprint density at radius 3 is 3.00 bits per heavy atom. The van der Waals surface area contributed by atoms with Gasteiger partial charge < -0.3 is 4.42 Å². The second kappa shape index (κ2) is 5.78. The molecule has 1 aliphatic carbocycles. The van der Waals surface area contributed by atoms with E-state index in [4.69, 9.17) is 9.40 Å². The molecule has 26 heavy (non-hydrogen) atoms. The molecule has 0 bridgehead atoms. The summed E-state index contributed by atoms with van der Waals surface area (Å²) in [6, 6.07) is 11.4. The molecule has 3 heterocycles. The van der Waals surface area contributed by atoms with Gasteiger partial charge in [-0.15, -0.1) is 11.3 Å². The first-order valence-corrected chi connectivity index (χ1v) is 9.22. The maximum atomic E-state index is 13.1. The largest absolute Gasteiger partial charge is 0.469 e. The minimum absolute atomic E-state index is 0.104. The van der Waals surface area contributed by atoms with E-state index in [0.717, 1.165) is 35.2 Å². The normalized spacial score (nSPS) is 12.7. The van der Waals surface area contributed by atoms with Crippen molar-refractivity contribution in [2.24, 2.45) is 0 Å². The first-order valence-electron chi connectivity index (χ1n) is 8.40. The average molecular weight is 361 g/mol. The van der Waals surface area contributed by atoms with Crippen LogP contribution in [-0.4, -0.2) is 22.9 Å². The number of carbonyl (C=O) groups excluding carboxylic acids is 1. The van der Waals surface area contributed by atoms with Crippen LogP contribution in [0.1, 0.15) is 21.0 Å². The summed E-state index contributed by atoms with van der Waals surface area (Å²) in [5.41, 5.74) is 3.28. The van der Waals surface area contributed by atoms with Gasteiger partial charge in [-0.2, -0.15) is 0 Å². The number of hydrogen-bond donors (Lipinski definition) is 0. The van der Waals surface area contributed by atoms with Crippen molar-refractivity contribution in [2.75, 3.05) is 11.9 Å². The summed E-state index contributed by atoms with van der Waals surface area (Å²) in [5.74, 6) is 0.870. The molecule has 3 aromatic heterocycles. The minimum atomic E-state index is -0.104. The molecule has 0 saturated carbocycles. The van der Waals surface area contributed by atoms with E-state index in [-0.39, 0.29) is 5.91 Å². The summed E-state index contributed by atoms with van der Waals surface area (Å²) in [5, 5.41) is 1.65. The summed E-state index contributed by atoms with van der Waals surface area (Å²) in [6.07, 6.45) is 5.18. The molecular weight excluding hydrogens is 346 g/mol. The third kappa shape index (κ3) is 2.26. The number of rotatable bonds is 2. The smallest absolute Gasteiger partial charge is 0.262 e. The molecule has 0 saturated heterocycles. The Kier molecular flexibility index (Phi) is 3.39. The van der Waals surface area contributed by atoms with Gasteiger partial charge in [-0.3, -0.25) is 14.7 Å². The lowest BCUT2D eigenvalue weighted by atomic mass is 10.0. The fourth-order valence-corrected chi connectivity index (χ4v) is 4.41. The van der Waals surface area contributed by atoms with Crippen LogP contribution >= 0.6 is 11.3 Å². The van der Waals surface area contributed by atoms with Gasteiger partial charge >= 0.3 is 0 Å². The van der Waals surface area contributed by atoms with Crippen molar-refractivity contribution in [3.05, 3.63) is 65.1 Å².